The predicted octanol–water partition coefficient (Wildman–Crippen LogP) is 2.92. The van der Waals surface area contributed by atoms with Crippen molar-refractivity contribution in [2.24, 2.45) is 0 Å². The molecule has 0 atom stereocenters. The van der Waals surface area contributed by atoms with E-state index in [1.165, 1.54) is 0 Å². The number of fused-ring (bicyclic) bond motifs is 1. The van der Waals surface area contributed by atoms with Crippen molar-refractivity contribution in [3.05, 3.63) is 51.3 Å². The van der Waals surface area contributed by atoms with Crippen LogP contribution in [0.2, 0.25) is 10.0 Å². The van der Waals surface area contributed by atoms with Gasteiger partial charge in [0.05, 0.1) is 5.69 Å². The van der Waals surface area contributed by atoms with E-state index < -0.39 is 0 Å². The van der Waals surface area contributed by atoms with E-state index >= 15 is 0 Å². The fourth-order valence-corrected chi connectivity index (χ4v) is 2.88. The van der Waals surface area contributed by atoms with Crippen molar-refractivity contribution in [1.82, 2.24) is 14.9 Å². The van der Waals surface area contributed by atoms with Crippen LogP contribution in [0.3, 0.4) is 0 Å². The number of aromatic nitrogens is 2. The lowest BCUT2D eigenvalue weighted by Gasteiger charge is -2.28. The van der Waals surface area contributed by atoms with Gasteiger partial charge in [-0.25, -0.2) is 9.97 Å². The van der Waals surface area contributed by atoms with E-state index in [2.05, 4.69) is 14.9 Å². The summed E-state index contributed by atoms with van der Waals surface area (Å²) in [6.45, 7) is 2.54. The van der Waals surface area contributed by atoms with Crippen LogP contribution in [0.5, 0.6) is 0 Å². The van der Waals surface area contributed by atoms with Gasteiger partial charge in [-0.05, 0) is 17.7 Å². The van der Waals surface area contributed by atoms with Crippen molar-refractivity contribution in [2.45, 2.75) is 19.5 Å². The molecule has 1 aliphatic heterocycles. The molecule has 1 aliphatic rings. The largest absolute Gasteiger partial charge is 0.368 e. The van der Waals surface area contributed by atoms with E-state index in [-0.39, 0.29) is 0 Å². The zero-order valence-electron chi connectivity index (χ0n) is 10.8. The Kier molecular flexibility index (Phi) is 3.78. The molecule has 2 N–H and O–H groups in total. The monoisotopic (exact) mass is 308 g/mol. The number of nitrogens with zero attached hydrogens (tertiary/aromatic N) is 3. The molecule has 3 rings (SSSR count). The van der Waals surface area contributed by atoms with Crippen LogP contribution in [-0.4, -0.2) is 21.4 Å². The maximum absolute atomic E-state index is 6.22. The lowest BCUT2D eigenvalue weighted by Crippen LogP contribution is -2.31. The fourth-order valence-electron chi connectivity index (χ4n) is 2.42. The minimum atomic E-state index is 0.345. The number of nitrogens with two attached hydrogens (primary N) is 1. The second-order valence-corrected chi connectivity index (χ2v) is 5.74. The SMILES string of the molecule is Nc1ncc2c(n1)CCN(Cc1ccc(Cl)cc1Cl)C2. The van der Waals surface area contributed by atoms with Gasteiger partial charge >= 0.3 is 0 Å². The number of anilines is 1. The minimum absolute atomic E-state index is 0.345. The second-order valence-electron chi connectivity index (χ2n) is 4.90. The van der Waals surface area contributed by atoms with Crippen LogP contribution >= 0.6 is 23.2 Å². The predicted molar refractivity (Wildman–Crippen MR) is 80.7 cm³/mol. The Hall–Kier alpha value is -1.36. The van der Waals surface area contributed by atoms with E-state index in [0.29, 0.717) is 16.0 Å². The summed E-state index contributed by atoms with van der Waals surface area (Å²) in [6.07, 6.45) is 2.69. The van der Waals surface area contributed by atoms with Crippen molar-refractivity contribution < 1.29 is 0 Å². The molecule has 0 spiro atoms. The number of hydrogen-bond donors (Lipinski definition) is 1. The Bertz CT molecular complexity index is 645. The molecule has 0 fully saturated rings. The van der Waals surface area contributed by atoms with E-state index in [0.717, 1.165) is 42.9 Å². The molecule has 0 saturated carbocycles. The molecule has 6 heteroatoms. The number of hydrogen-bond acceptors (Lipinski definition) is 4. The standard InChI is InChI=1S/C14H14Cl2N4/c15-11-2-1-9(12(16)5-11)7-20-4-3-13-10(8-20)6-18-14(17)19-13/h1-2,5-6H,3-4,7-8H2,(H2,17,18,19). The molecule has 2 heterocycles. The average Bonchev–Trinajstić information content (AvgIpc) is 2.42. The van der Waals surface area contributed by atoms with Gasteiger partial charge in [0, 0.05) is 47.9 Å². The minimum Gasteiger partial charge on any atom is -0.368 e. The Morgan fingerprint density at radius 3 is 2.95 bits per heavy atom. The van der Waals surface area contributed by atoms with Gasteiger partial charge in [-0.3, -0.25) is 4.90 Å². The van der Waals surface area contributed by atoms with E-state index in [1.807, 2.05) is 18.3 Å². The van der Waals surface area contributed by atoms with Crippen molar-refractivity contribution in [1.29, 1.82) is 0 Å². The topological polar surface area (TPSA) is 55.0 Å². The Morgan fingerprint density at radius 2 is 2.15 bits per heavy atom. The first-order valence-electron chi connectivity index (χ1n) is 6.38. The van der Waals surface area contributed by atoms with Crippen molar-refractivity contribution in [2.75, 3.05) is 12.3 Å². The highest BCUT2D eigenvalue weighted by Crippen LogP contribution is 2.24. The van der Waals surface area contributed by atoms with Gasteiger partial charge in [-0.2, -0.15) is 0 Å². The first kappa shape index (κ1) is 13.6. The first-order chi connectivity index (χ1) is 9.61. The van der Waals surface area contributed by atoms with Gasteiger partial charge in [0.15, 0.2) is 0 Å². The molecule has 104 valence electrons. The van der Waals surface area contributed by atoms with E-state index in [1.54, 1.807) is 6.07 Å². The lowest BCUT2D eigenvalue weighted by molar-refractivity contribution is 0.243. The third-order valence-electron chi connectivity index (χ3n) is 3.44. The molecule has 0 bridgehead atoms. The van der Waals surface area contributed by atoms with Gasteiger partial charge in [0.1, 0.15) is 0 Å². The van der Waals surface area contributed by atoms with Crippen LogP contribution in [0.1, 0.15) is 16.8 Å². The average molecular weight is 309 g/mol. The highest BCUT2D eigenvalue weighted by atomic mass is 35.5. The van der Waals surface area contributed by atoms with Crippen molar-refractivity contribution in [3.63, 3.8) is 0 Å². The molecular weight excluding hydrogens is 295 g/mol. The summed E-state index contributed by atoms with van der Waals surface area (Å²) in [5.74, 6) is 0.345. The maximum Gasteiger partial charge on any atom is 0.220 e. The number of halogens is 2. The van der Waals surface area contributed by atoms with Gasteiger partial charge in [0.2, 0.25) is 5.95 Å². The normalized spacial score (nSPS) is 15.1. The number of rotatable bonds is 2. The summed E-state index contributed by atoms with van der Waals surface area (Å²) in [4.78, 5) is 10.7. The quantitative estimate of drug-likeness (QED) is 0.927. The molecule has 0 aliphatic carbocycles. The van der Waals surface area contributed by atoms with Crippen molar-refractivity contribution >= 4 is 29.2 Å². The molecule has 1 aromatic carbocycles. The highest BCUT2D eigenvalue weighted by molar-refractivity contribution is 6.35. The summed E-state index contributed by atoms with van der Waals surface area (Å²) in [7, 11) is 0. The molecule has 1 aromatic heterocycles. The molecule has 20 heavy (non-hydrogen) atoms. The molecular formula is C14H14Cl2N4. The van der Waals surface area contributed by atoms with Crippen LogP contribution in [0.15, 0.2) is 24.4 Å². The Morgan fingerprint density at radius 1 is 1.30 bits per heavy atom. The van der Waals surface area contributed by atoms with Crippen LogP contribution in [-0.2, 0) is 19.5 Å². The number of nitrogen functional groups attached to an aromatic ring is 1. The third kappa shape index (κ3) is 2.87. The second kappa shape index (κ2) is 5.56. The van der Waals surface area contributed by atoms with Crippen LogP contribution in [0.25, 0.3) is 0 Å². The molecule has 2 aromatic rings. The molecule has 4 nitrogen and oxygen atoms in total. The smallest absolute Gasteiger partial charge is 0.220 e. The van der Waals surface area contributed by atoms with Gasteiger partial charge < -0.3 is 5.73 Å². The van der Waals surface area contributed by atoms with Crippen LogP contribution in [0.4, 0.5) is 5.95 Å². The third-order valence-corrected chi connectivity index (χ3v) is 4.03. The van der Waals surface area contributed by atoms with Crippen molar-refractivity contribution in [3.8, 4) is 0 Å². The molecule has 0 radical (unpaired) electrons. The van der Waals surface area contributed by atoms with Crippen LogP contribution < -0.4 is 5.73 Å². The molecule has 0 saturated heterocycles. The maximum atomic E-state index is 6.22. The Balaban J connectivity index is 1.75. The van der Waals surface area contributed by atoms with E-state index in [9.17, 15) is 0 Å². The fraction of sp³-hybridized carbons (Fsp3) is 0.286. The highest BCUT2D eigenvalue weighted by Gasteiger charge is 2.18. The number of benzene rings is 1. The zero-order chi connectivity index (χ0) is 14.1. The first-order valence-corrected chi connectivity index (χ1v) is 7.14. The lowest BCUT2D eigenvalue weighted by atomic mass is 10.1. The molecule has 0 unspecified atom stereocenters. The Labute approximate surface area is 127 Å². The molecule has 0 amide bonds. The van der Waals surface area contributed by atoms with Gasteiger partial charge in [0.25, 0.3) is 0 Å². The summed E-state index contributed by atoms with van der Waals surface area (Å²) in [5, 5.41) is 1.36. The zero-order valence-corrected chi connectivity index (χ0v) is 12.3. The summed E-state index contributed by atoms with van der Waals surface area (Å²) in [6, 6.07) is 5.62. The van der Waals surface area contributed by atoms with E-state index in [4.69, 9.17) is 28.9 Å². The summed E-state index contributed by atoms with van der Waals surface area (Å²) in [5.41, 5.74) is 8.87. The summed E-state index contributed by atoms with van der Waals surface area (Å²) < 4.78 is 0. The van der Waals surface area contributed by atoms with Gasteiger partial charge in [-0.1, -0.05) is 29.3 Å². The van der Waals surface area contributed by atoms with Gasteiger partial charge in [-0.15, -0.1) is 0 Å². The van der Waals surface area contributed by atoms with Crippen LogP contribution in [0, 0.1) is 0 Å². The summed E-state index contributed by atoms with van der Waals surface area (Å²) >= 11 is 12.1.